The number of nitrogens with two attached hydrogens (primary N) is 1. The van der Waals surface area contributed by atoms with Crippen LogP contribution in [0.4, 0.5) is 5.69 Å². The molecule has 0 fully saturated rings. The summed E-state index contributed by atoms with van der Waals surface area (Å²) in [5, 5.41) is 0. The van der Waals surface area contributed by atoms with Gasteiger partial charge in [0.1, 0.15) is 0 Å². The normalized spacial score (nSPS) is 11.3. The Balaban J connectivity index is 1.98. The van der Waals surface area contributed by atoms with Gasteiger partial charge in [-0.2, -0.15) is 0 Å². The van der Waals surface area contributed by atoms with E-state index in [1.807, 2.05) is 25.1 Å². The maximum absolute atomic E-state index is 12.3. The molecule has 0 heterocycles. The van der Waals surface area contributed by atoms with E-state index >= 15 is 0 Å². The minimum Gasteiger partial charge on any atom is -0.490 e. The number of ether oxygens (including phenoxy) is 2. The Hall–Kier alpha value is -2.25. The summed E-state index contributed by atoms with van der Waals surface area (Å²) >= 11 is 0. The largest absolute Gasteiger partial charge is 0.490 e. The lowest BCUT2D eigenvalue weighted by Gasteiger charge is -2.13. The van der Waals surface area contributed by atoms with Crippen LogP contribution in [0.15, 0.2) is 47.4 Å². The molecule has 0 unspecified atom stereocenters. The van der Waals surface area contributed by atoms with E-state index in [2.05, 4.69) is 11.6 Å². The van der Waals surface area contributed by atoms with Crippen LogP contribution in [0.2, 0.25) is 0 Å². The fraction of sp³-hybridized carbons (Fsp3) is 0.400. The number of rotatable bonds is 11. The number of hydrogen-bond acceptors (Lipinski definition) is 5. The Morgan fingerprint density at radius 1 is 1.00 bits per heavy atom. The first-order chi connectivity index (χ1) is 13.0. The molecule has 0 aliphatic heterocycles. The predicted octanol–water partition coefficient (Wildman–Crippen LogP) is 3.37. The van der Waals surface area contributed by atoms with Crippen LogP contribution in [0.3, 0.4) is 0 Å². The standard InChI is InChI=1S/C20H28N2O4S/c1-3-5-14-26-19-11-6-16(15-20(19)25-4-2)12-13-22-27(23,24)18-9-7-17(21)8-10-18/h6-11,15,22H,3-5,12-14,21H2,1-2H3. The second-order valence-corrected chi connectivity index (χ2v) is 7.90. The maximum atomic E-state index is 12.3. The highest BCUT2D eigenvalue weighted by molar-refractivity contribution is 7.89. The fourth-order valence-electron chi connectivity index (χ4n) is 2.48. The fourth-order valence-corrected chi connectivity index (χ4v) is 3.51. The Morgan fingerprint density at radius 3 is 2.41 bits per heavy atom. The van der Waals surface area contributed by atoms with Crippen molar-refractivity contribution >= 4 is 15.7 Å². The molecule has 2 rings (SSSR count). The summed E-state index contributed by atoms with van der Waals surface area (Å²) in [6.07, 6.45) is 2.60. The van der Waals surface area contributed by atoms with E-state index in [1.165, 1.54) is 12.1 Å². The van der Waals surface area contributed by atoms with Crippen molar-refractivity contribution in [3.05, 3.63) is 48.0 Å². The van der Waals surface area contributed by atoms with Crippen molar-refractivity contribution in [2.75, 3.05) is 25.5 Å². The van der Waals surface area contributed by atoms with Crippen molar-refractivity contribution in [2.24, 2.45) is 0 Å². The number of nitrogen functional groups attached to an aromatic ring is 1. The summed E-state index contributed by atoms with van der Waals surface area (Å²) in [4.78, 5) is 0.200. The molecular formula is C20H28N2O4S. The maximum Gasteiger partial charge on any atom is 0.240 e. The van der Waals surface area contributed by atoms with E-state index in [4.69, 9.17) is 15.2 Å². The van der Waals surface area contributed by atoms with Gasteiger partial charge in [0.05, 0.1) is 18.1 Å². The van der Waals surface area contributed by atoms with Crippen LogP contribution in [0.5, 0.6) is 11.5 Å². The molecule has 0 spiro atoms. The van der Waals surface area contributed by atoms with Crippen LogP contribution in [-0.2, 0) is 16.4 Å². The van der Waals surface area contributed by atoms with Crippen molar-refractivity contribution in [1.29, 1.82) is 0 Å². The molecule has 0 saturated carbocycles. The van der Waals surface area contributed by atoms with E-state index in [0.29, 0.717) is 31.1 Å². The van der Waals surface area contributed by atoms with Gasteiger partial charge in [0, 0.05) is 12.2 Å². The van der Waals surface area contributed by atoms with Gasteiger partial charge < -0.3 is 15.2 Å². The van der Waals surface area contributed by atoms with Gasteiger partial charge in [-0.1, -0.05) is 19.4 Å². The van der Waals surface area contributed by atoms with Gasteiger partial charge in [-0.15, -0.1) is 0 Å². The number of anilines is 1. The lowest BCUT2D eigenvalue weighted by molar-refractivity contribution is 0.272. The quantitative estimate of drug-likeness (QED) is 0.452. The molecule has 27 heavy (non-hydrogen) atoms. The molecule has 0 saturated heterocycles. The molecule has 2 aromatic rings. The third-order valence-electron chi connectivity index (χ3n) is 3.96. The second-order valence-electron chi connectivity index (χ2n) is 6.13. The van der Waals surface area contributed by atoms with E-state index in [9.17, 15) is 8.42 Å². The predicted molar refractivity (Wildman–Crippen MR) is 108 cm³/mol. The van der Waals surface area contributed by atoms with Crippen LogP contribution in [0.25, 0.3) is 0 Å². The highest BCUT2D eigenvalue weighted by atomic mass is 32.2. The molecule has 148 valence electrons. The molecule has 3 N–H and O–H groups in total. The van der Waals surface area contributed by atoms with Gasteiger partial charge in [0.2, 0.25) is 10.0 Å². The van der Waals surface area contributed by atoms with Crippen LogP contribution >= 0.6 is 0 Å². The molecule has 0 aliphatic carbocycles. The molecule has 0 aliphatic rings. The third-order valence-corrected chi connectivity index (χ3v) is 5.44. The monoisotopic (exact) mass is 392 g/mol. The van der Waals surface area contributed by atoms with Crippen LogP contribution in [0, 0.1) is 0 Å². The molecule has 6 nitrogen and oxygen atoms in total. The first kappa shape index (κ1) is 21.1. The second kappa shape index (κ2) is 10.2. The van der Waals surface area contributed by atoms with Crippen LogP contribution in [-0.4, -0.2) is 28.2 Å². The summed E-state index contributed by atoms with van der Waals surface area (Å²) in [5.41, 5.74) is 7.10. The summed E-state index contributed by atoms with van der Waals surface area (Å²) < 4.78 is 38.7. The zero-order valence-electron chi connectivity index (χ0n) is 15.9. The summed E-state index contributed by atoms with van der Waals surface area (Å²) in [6, 6.07) is 11.8. The highest BCUT2D eigenvalue weighted by Crippen LogP contribution is 2.29. The van der Waals surface area contributed by atoms with Crippen molar-refractivity contribution in [2.45, 2.75) is 38.0 Å². The summed E-state index contributed by atoms with van der Waals surface area (Å²) in [6.45, 7) is 5.51. The molecule has 0 amide bonds. The van der Waals surface area contributed by atoms with E-state index in [1.54, 1.807) is 12.1 Å². The summed E-state index contributed by atoms with van der Waals surface area (Å²) in [7, 11) is -3.55. The lowest BCUT2D eigenvalue weighted by Crippen LogP contribution is -2.26. The van der Waals surface area contributed by atoms with Gasteiger partial charge >= 0.3 is 0 Å². The van der Waals surface area contributed by atoms with Gasteiger partial charge in [0.25, 0.3) is 0 Å². The van der Waals surface area contributed by atoms with Crippen LogP contribution in [0.1, 0.15) is 32.3 Å². The first-order valence-corrected chi connectivity index (χ1v) is 10.7. The van der Waals surface area contributed by atoms with Crippen molar-refractivity contribution in [1.82, 2.24) is 4.72 Å². The number of unbranched alkanes of at least 4 members (excludes halogenated alkanes) is 1. The van der Waals surface area contributed by atoms with Gasteiger partial charge in [0.15, 0.2) is 11.5 Å². The molecule has 0 bridgehead atoms. The van der Waals surface area contributed by atoms with Crippen molar-refractivity contribution in [3.8, 4) is 11.5 Å². The van der Waals surface area contributed by atoms with Gasteiger partial charge in [-0.05, 0) is 61.7 Å². The topological polar surface area (TPSA) is 90.7 Å². The Bertz CT molecular complexity index is 820. The number of sulfonamides is 1. The average Bonchev–Trinajstić information content (AvgIpc) is 2.64. The van der Waals surface area contributed by atoms with E-state index in [-0.39, 0.29) is 11.4 Å². The molecule has 7 heteroatoms. The Labute approximate surface area is 161 Å². The minimum absolute atomic E-state index is 0.200. The zero-order chi connectivity index (χ0) is 19.7. The third kappa shape index (κ3) is 6.45. The van der Waals surface area contributed by atoms with Crippen molar-refractivity contribution in [3.63, 3.8) is 0 Å². The van der Waals surface area contributed by atoms with E-state index in [0.717, 1.165) is 24.2 Å². The number of benzene rings is 2. The minimum atomic E-state index is -3.55. The van der Waals surface area contributed by atoms with E-state index < -0.39 is 10.0 Å². The molecule has 2 aromatic carbocycles. The molecule has 0 aromatic heterocycles. The smallest absolute Gasteiger partial charge is 0.240 e. The number of nitrogens with one attached hydrogen (secondary N) is 1. The number of hydrogen-bond donors (Lipinski definition) is 2. The Morgan fingerprint density at radius 2 is 1.74 bits per heavy atom. The SMILES string of the molecule is CCCCOc1ccc(CCNS(=O)(=O)c2ccc(N)cc2)cc1OCC. The molecule has 0 radical (unpaired) electrons. The molecular weight excluding hydrogens is 364 g/mol. The van der Waals surface area contributed by atoms with Gasteiger partial charge in [-0.25, -0.2) is 13.1 Å². The first-order valence-electron chi connectivity index (χ1n) is 9.20. The van der Waals surface area contributed by atoms with Crippen molar-refractivity contribution < 1.29 is 17.9 Å². The lowest BCUT2D eigenvalue weighted by atomic mass is 10.1. The zero-order valence-corrected chi connectivity index (χ0v) is 16.7. The molecule has 0 atom stereocenters. The summed E-state index contributed by atoms with van der Waals surface area (Å²) in [5.74, 6) is 1.41. The Kier molecular flexibility index (Phi) is 7.94. The van der Waals surface area contributed by atoms with Crippen LogP contribution < -0.4 is 19.9 Å². The van der Waals surface area contributed by atoms with Gasteiger partial charge in [-0.3, -0.25) is 0 Å². The highest BCUT2D eigenvalue weighted by Gasteiger charge is 2.13. The average molecular weight is 393 g/mol.